The zero-order valence-electron chi connectivity index (χ0n) is 5.48. The van der Waals surface area contributed by atoms with Gasteiger partial charge in [-0.25, -0.2) is 9.52 Å². The molecule has 58 valence electrons. The quantitative estimate of drug-likeness (QED) is 0.494. The molecule has 0 saturated heterocycles. The fourth-order valence-electron chi connectivity index (χ4n) is 0.656. The second-order valence-electron chi connectivity index (χ2n) is 1.96. The molecule has 0 aliphatic heterocycles. The second-order valence-corrected chi connectivity index (χ2v) is 1.96. The summed E-state index contributed by atoms with van der Waals surface area (Å²) in [6.45, 7) is 0. The molecule has 11 heavy (non-hydrogen) atoms. The third-order valence-corrected chi connectivity index (χ3v) is 1.18. The fourth-order valence-corrected chi connectivity index (χ4v) is 0.656. The van der Waals surface area contributed by atoms with Gasteiger partial charge in [-0.05, 0) is 6.07 Å². The number of hydrogen-bond acceptors (Lipinski definition) is 3. The summed E-state index contributed by atoms with van der Waals surface area (Å²) in [5.41, 5.74) is -0.227. The Kier molecular flexibility index (Phi) is 1.63. The molecule has 0 saturated carbocycles. The maximum Gasteiger partial charge on any atom is 0.339 e. The van der Waals surface area contributed by atoms with Crippen LogP contribution in [0.3, 0.4) is 0 Å². The van der Waals surface area contributed by atoms with Crippen molar-refractivity contribution in [2.75, 3.05) is 0 Å². The van der Waals surface area contributed by atoms with Crippen LogP contribution in [0.5, 0.6) is 0 Å². The molecule has 0 fully saturated rings. The molecule has 1 heterocycles. The van der Waals surface area contributed by atoms with Gasteiger partial charge < -0.3 is 10.3 Å². The van der Waals surface area contributed by atoms with E-state index in [4.69, 9.17) is 15.7 Å². The first kappa shape index (κ1) is 7.33. The van der Waals surface area contributed by atoms with Crippen LogP contribution in [-0.2, 0) is 0 Å². The molecule has 5 nitrogen and oxygen atoms in total. The Labute approximate surface area is 61.6 Å². The minimum atomic E-state index is -1.22. The highest BCUT2D eigenvalue weighted by Gasteiger charge is 2.04. The molecule has 0 atom stereocenters. The second kappa shape index (κ2) is 2.45. The average Bonchev–Trinajstić information content (AvgIpc) is 1.94. The smallest absolute Gasteiger partial charge is 0.339 e. The van der Waals surface area contributed by atoms with Crippen LogP contribution < -0.4 is 5.36 Å². The summed E-state index contributed by atoms with van der Waals surface area (Å²) >= 11 is 0. The van der Waals surface area contributed by atoms with Gasteiger partial charge in [0, 0.05) is 6.20 Å². The summed E-state index contributed by atoms with van der Waals surface area (Å²) < 4.78 is 0.599. The van der Waals surface area contributed by atoms with E-state index in [1.54, 1.807) is 0 Å². The number of nitrogens with one attached hydrogen (secondary N) is 1. The van der Waals surface area contributed by atoms with Crippen molar-refractivity contribution in [3.63, 3.8) is 0 Å². The van der Waals surface area contributed by atoms with E-state index in [1.165, 1.54) is 12.3 Å². The van der Waals surface area contributed by atoms with Crippen LogP contribution in [0.2, 0.25) is 0 Å². The predicted molar refractivity (Wildman–Crippen MR) is 34.4 cm³/mol. The molecule has 0 bridgehead atoms. The Hall–Kier alpha value is -1.78. The lowest BCUT2D eigenvalue weighted by Crippen LogP contribution is -2.15. The zero-order chi connectivity index (χ0) is 8.43. The lowest BCUT2D eigenvalue weighted by molar-refractivity contribution is 0.0689. The molecule has 1 aromatic rings. The minimum Gasteiger partial charge on any atom is -0.478 e. The molecule has 0 amide bonds. The van der Waals surface area contributed by atoms with Crippen LogP contribution in [-0.4, -0.2) is 21.0 Å². The minimum absolute atomic E-state index is 0.122. The molecule has 0 spiro atoms. The first-order valence-electron chi connectivity index (χ1n) is 2.80. The lowest BCUT2D eigenvalue weighted by atomic mass is 10.3. The first-order chi connectivity index (χ1) is 5.11. The van der Waals surface area contributed by atoms with Gasteiger partial charge in [-0.3, -0.25) is 5.41 Å². The molecule has 1 rings (SSSR count). The largest absolute Gasteiger partial charge is 0.478 e. The topological polar surface area (TPSA) is 86.3 Å². The lowest BCUT2D eigenvalue weighted by Gasteiger charge is -1.97. The Balaban J connectivity index is 3.35. The number of aromatic carboxylic acids is 1. The number of rotatable bonds is 1. The van der Waals surface area contributed by atoms with E-state index in [2.05, 4.69) is 0 Å². The molecular formula is C6H6N2O3. The van der Waals surface area contributed by atoms with E-state index >= 15 is 0 Å². The summed E-state index contributed by atoms with van der Waals surface area (Å²) in [6.07, 6.45) is 2.15. The molecule has 0 unspecified atom stereocenters. The van der Waals surface area contributed by atoms with E-state index in [-0.39, 0.29) is 10.9 Å². The number of carboxylic acid groups (broad SMARTS) is 1. The van der Waals surface area contributed by atoms with E-state index in [0.717, 1.165) is 6.20 Å². The van der Waals surface area contributed by atoms with Crippen LogP contribution >= 0.6 is 0 Å². The molecule has 1 aromatic heterocycles. The third kappa shape index (κ3) is 1.37. The summed E-state index contributed by atoms with van der Waals surface area (Å²) in [5.74, 6) is -1.22. The van der Waals surface area contributed by atoms with Gasteiger partial charge in [-0.15, -0.1) is 0 Å². The molecule has 0 radical (unpaired) electrons. The van der Waals surface area contributed by atoms with E-state index < -0.39 is 5.97 Å². The highest BCUT2D eigenvalue weighted by molar-refractivity contribution is 5.86. The maximum atomic E-state index is 10.3. The number of pyridine rings is 1. The summed E-state index contributed by atoms with van der Waals surface area (Å²) in [6, 6.07) is 1.20. The van der Waals surface area contributed by atoms with Crippen LogP contribution in [0.4, 0.5) is 0 Å². The van der Waals surface area contributed by atoms with Crippen molar-refractivity contribution in [3.8, 4) is 0 Å². The number of hydrogen-bond donors (Lipinski definition) is 3. The Morgan fingerprint density at radius 1 is 1.64 bits per heavy atom. The summed E-state index contributed by atoms with van der Waals surface area (Å²) in [7, 11) is 0. The monoisotopic (exact) mass is 154 g/mol. The van der Waals surface area contributed by atoms with Crippen molar-refractivity contribution in [2.45, 2.75) is 0 Å². The van der Waals surface area contributed by atoms with Crippen molar-refractivity contribution in [1.82, 2.24) is 4.73 Å². The Bertz CT molecular complexity index is 342. The van der Waals surface area contributed by atoms with E-state index in [1.807, 2.05) is 0 Å². The van der Waals surface area contributed by atoms with Crippen LogP contribution in [0.15, 0.2) is 18.5 Å². The van der Waals surface area contributed by atoms with E-state index in [0.29, 0.717) is 4.73 Å². The highest BCUT2D eigenvalue weighted by Crippen LogP contribution is 1.88. The maximum absolute atomic E-state index is 10.3. The van der Waals surface area contributed by atoms with Gasteiger partial charge in [-0.2, -0.15) is 0 Å². The van der Waals surface area contributed by atoms with Gasteiger partial charge in [0.25, 0.3) is 0 Å². The normalized spacial score (nSPS) is 9.45. The Morgan fingerprint density at radius 2 is 2.27 bits per heavy atom. The molecule has 5 heteroatoms. The standard InChI is InChI=1S/C6H6N2O3/c7-5-1-2-8(11)3-4(5)6(9)10/h1-3,7,11H,(H,9,10). The van der Waals surface area contributed by atoms with Crippen molar-refractivity contribution in [3.05, 3.63) is 29.4 Å². The average molecular weight is 154 g/mol. The Morgan fingerprint density at radius 3 is 2.73 bits per heavy atom. The summed E-state index contributed by atoms with van der Waals surface area (Å²) in [4.78, 5) is 10.3. The van der Waals surface area contributed by atoms with Crippen molar-refractivity contribution < 1.29 is 15.1 Å². The van der Waals surface area contributed by atoms with Gasteiger partial charge in [0.15, 0.2) is 0 Å². The van der Waals surface area contributed by atoms with Gasteiger partial charge in [-0.1, -0.05) is 0 Å². The number of aromatic nitrogens is 1. The number of carboxylic acids is 1. The SMILES string of the molecule is N=c1ccn(O)cc1C(=O)O. The van der Waals surface area contributed by atoms with Gasteiger partial charge in [0.2, 0.25) is 0 Å². The molecule has 0 aliphatic carbocycles. The first-order valence-corrected chi connectivity index (χ1v) is 2.80. The molecule has 0 aromatic carbocycles. The van der Waals surface area contributed by atoms with Gasteiger partial charge >= 0.3 is 5.97 Å². The fraction of sp³-hybridized carbons (Fsp3) is 0. The summed E-state index contributed by atoms with van der Waals surface area (Å²) in [5, 5.41) is 24.2. The van der Waals surface area contributed by atoms with Crippen molar-refractivity contribution >= 4 is 5.97 Å². The zero-order valence-corrected chi connectivity index (χ0v) is 5.48. The van der Waals surface area contributed by atoms with Crippen LogP contribution in [0.1, 0.15) is 10.4 Å². The van der Waals surface area contributed by atoms with Crippen LogP contribution in [0.25, 0.3) is 0 Å². The van der Waals surface area contributed by atoms with Crippen LogP contribution in [0, 0.1) is 5.41 Å². The third-order valence-electron chi connectivity index (χ3n) is 1.18. The highest BCUT2D eigenvalue weighted by atomic mass is 16.5. The van der Waals surface area contributed by atoms with E-state index in [9.17, 15) is 4.79 Å². The van der Waals surface area contributed by atoms with Gasteiger partial charge in [0.05, 0.1) is 11.6 Å². The molecular weight excluding hydrogens is 148 g/mol. The van der Waals surface area contributed by atoms with Gasteiger partial charge in [0.1, 0.15) is 5.56 Å². The number of carbonyl (C=O) groups is 1. The predicted octanol–water partition coefficient (Wildman–Crippen LogP) is -0.0969. The number of nitrogens with zero attached hydrogens (tertiary/aromatic N) is 1. The molecule has 3 N–H and O–H groups in total. The molecule has 0 aliphatic rings. The van der Waals surface area contributed by atoms with Crippen molar-refractivity contribution in [1.29, 1.82) is 5.41 Å². The van der Waals surface area contributed by atoms with Crippen molar-refractivity contribution in [2.24, 2.45) is 0 Å².